The van der Waals surface area contributed by atoms with E-state index in [0.717, 1.165) is 12.1 Å². The molecule has 3 nitrogen and oxygen atoms in total. The molecule has 0 aliphatic heterocycles. The molecule has 7 heteroatoms. The van der Waals surface area contributed by atoms with Crippen molar-refractivity contribution < 1.29 is 17.9 Å². The second kappa shape index (κ2) is 3.43. The normalized spacial score (nSPS) is 11.6. The van der Waals surface area contributed by atoms with Crippen molar-refractivity contribution in [2.24, 2.45) is 0 Å². The van der Waals surface area contributed by atoms with Crippen LogP contribution in [0.25, 0.3) is 0 Å². The van der Waals surface area contributed by atoms with E-state index in [4.69, 9.17) is 15.8 Å². The zero-order valence-electron chi connectivity index (χ0n) is 5.96. The number of benzene rings is 1. The molecule has 0 fully saturated rings. The number of phenols is 1. The lowest BCUT2D eigenvalue weighted by atomic mass is 10.3. The van der Waals surface area contributed by atoms with E-state index in [1.165, 1.54) is 0 Å². The van der Waals surface area contributed by atoms with E-state index in [1.54, 1.807) is 0 Å². The smallest absolute Gasteiger partial charge is 0.264 e. The van der Waals surface area contributed by atoms with Crippen molar-refractivity contribution in [2.75, 3.05) is 0 Å². The monoisotopic (exact) mass is 288 g/mol. The first-order valence-electron chi connectivity index (χ1n) is 2.95. The Labute approximate surface area is 86.7 Å². The molecule has 1 N–H and O–H groups in total. The molecule has 0 aliphatic rings. The minimum atomic E-state index is -4.16. The third-order valence-corrected chi connectivity index (χ3v) is 3.24. The van der Waals surface area contributed by atoms with Crippen molar-refractivity contribution in [1.82, 2.24) is 0 Å². The van der Waals surface area contributed by atoms with Gasteiger partial charge in [0.1, 0.15) is 16.5 Å². The Hall–Kier alpha value is -0.330. The minimum Gasteiger partial charge on any atom is -0.507 e. The van der Waals surface area contributed by atoms with Crippen LogP contribution in [0.4, 0.5) is 4.39 Å². The lowest BCUT2D eigenvalue weighted by molar-refractivity contribution is 0.465. The van der Waals surface area contributed by atoms with Gasteiger partial charge in [0, 0.05) is 16.7 Å². The summed E-state index contributed by atoms with van der Waals surface area (Å²) >= 11 is 2.82. The van der Waals surface area contributed by atoms with Crippen LogP contribution in [0.1, 0.15) is 0 Å². The minimum absolute atomic E-state index is 0.0640. The Morgan fingerprint density at radius 3 is 2.46 bits per heavy atom. The van der Waals surface area contributed by atoms with Gasteiger partial charge in [-0.2, -0.15) is 0 Å². The highest BCUT2D eigenvalue weighted by atomic mass is 79.9. The summed E-state index contributed by atoms with van der Waals surface area (Å²) in [6.07, 6.45) is 0. The Balaban J connectivity index is 3.50. The van der Waals surface area contributed by atoms with E-state index in [-0.39, 0.29) is 10.2 Å². The molecule has 0 spiro atoms. The van der Waals surface area contributed by atoms with Crippen molar-refractivity contribution >= 4 is 35.7 Å². The van der Waals surface area contributed by atoms with Crippen molar-refractivity contribution in [2.45, 2.75) is 4.90 Å². The molecule has 0 aromatic heterocycles. The van der Waals surface area contributed by atoms with Crippen LogP contribution in [0.15, 0.2) is 21.5 Å². The zero-order valence-corrected chi connectivity index (χ0v) is 9.12. The van der Waals surface area contributed by atoms with E-state index < -0.39 is 19.8 Å². The molecule has 0 bridgehead atoms. The maximum Gasteiger partial charge on any atom is 0.264 e. The van der Waals surface area contributed by atoms with Crippen molar-refractivity contribution in [3.63, 3.8) is 0 Å². The van der Waals surface area contributed by atoms with Crippen LogP contribution in [0, 0.1) is 5.82 Å². The first kappa shape index (κ1) is 10.7. The molecule has 0 atom stereocenters. The van der Waals surface area contributed by atoms with E-state index in [2.05, 4.69) is 15.9 Å². The number of rotatable bonds is 1. The fourth-order valence-electron chi connectivity index (χ4n) is 0.705. The number of phenolic OH excluding ortho intramolecular Hbond substituents is 1. The van der Waals surface area contributed by atoms with Crippen LogP contribution in [0.5, 0.6) is 5.75 Å². The zero-order chi connectivity index (χ0) is 10.2. The Morgan fingerprint density at radius 1 is 1.46 bits per heavy atom. The van der Waals surface area contributed by atoms with Gasteiger partial charge in [-0.3, -0.25) is 0 Å². The molecule has 0 radical (unpaired) electrons. The van der Waals surface area contributed by atoms with Gasteiger partial charge in [0.15, 0.2) is 0 Å². The number of hydrogen-bond donors (Lipinski definition) is 1. The van der Waals surface area contributed by atoms with Gasteiger partial charge in [-0.25, -0.2) is 12.8 Å². The summed E-state index contributed by atoms with van der Waals surface area (Å²) in [5, 5.41) is 9.05. The van der Waals surface area contributed by atoms with Crippen LogP contribution in [-0.2, 0) is 9.05 Å². The molecule has 0 saturated carbocycles. The molecule has 0 amide bonds. The summed E-state index contributed by atoms with van der Waals surface area (Å²) in [5.41, 5.74) is 0. The molecule has 1 aromatic carbocycles. The Kier molecular flexibility index (Phi) is 2.84. The average Bonchev–Trinajstić information content (AvgIpc) is 1.94. The third-order valence-electron chi connectivity index (χ3n) is 1.26. The topological polar surface area (TPSA) is 54.4 Å². The molecular formula is C6H3BrClFO3S. The van der Waals surface area contributed by atoms with E-state index >= 15 is 0 Å². The SMILES string of the molecule is O=S(=O)(Cl)c1cc(O)c(Br)cc1F. The van der Waals surface area contributed by atoms with E-state index in [9.17, 15) is 12.8 Å². The van der Waals surface area contributed by atoms with Crippen LogP contribution < -0.4 is 0 Å². The van der Waals surface area contributed by atoms with Gasteiger partial charge >= 0.3 is 0 Å². The lowest BCUT2D eigenvalue weighted by Gasteiger charge is -2.01. The van der Waals surface area contributed by atoms with Crippen LogP contribution in [0.3, 0.4) is 0 Å². The Bertz CT molecular complexity index is 445. The summed E-state index contributed by atoms with van der Waals surface area (Å²) < 4.78 is 34.4. The van der Waals surface area contributed by atoms with Crippen LogP contribution >= 0.6 is 26.6 Å². The number of hydrogen-bond acceptors (Lipinski definition) is 3. The molecule has 72 valence electrons. The molecule has 0 saturated heterocycles. The van der Waals surface area contributed by atoms with Crippen LogP contribution in [-0.4, -0.2) is 13.5 Å². The maximum atomic E-state index is 12.9. The molecule has 13 heavy (non-hydrogen) atoms. The highest BCUT2D eigenvalue weighted by molar-refractivity contribution is 9.10. The molecule has 1 aromatic rings. The highest BCUT2D eigenvalue weighted by Gasteiger charge is 2.18. The van der Waals surface area contributed by atoms with Gasteiger partial charge in [-0.15, -0.1) is 0 Å². The second-order valence-electron chi connectivity index (χ2n) is 2.17. The standard InChI is InChI=1S/C6H3BrClFO3S/c7-3-1-4(9)6(2-5(3)10)13(8,11)12/h1-2,10H. The van der Waals surface area contributed by atoms with Gasteiger partial charge in [0.05, 0.1) is 4.47 Å². The second-order valence-corrected chi connectivity index (χ2v) is 5.56. The van der Waals surface area contributed by atoms with E-state index in [1.807, 2.05) is 0 Å². The highest BCUT2D eigenvalue weighted by Crippen LogP contribution is 2.30. The predicted molar refractivity (Wildman–Crippen MR) is 48.8 cm³/mol. The molecule has 0 heterocycles. The quantitative estimate of drug-likeness (QED) is 0.807. The first-order chi connectivity index (χ1) is 5.82. The van der Waals surface area contributed by atoms with Crippen molar-refractivity contribution in [1.29, 1.82) is 0 Å². The Morgan fingerprint density at radius 2 is 2.00 bits per heavy atom. The molecular weight excluding hydrogens is 286 g/mol. The fourth-order valence-corrected chi connectivity index (χ4v) is 1.92. The van der Waals surface area contributed by atoms with Gasteiger partial charge < -0.3 is 5.11 Å². The summed E-state index contributed by atoms with van der Waals surface area (Å²) in [6, 6.07) is 1.56. The maximum absolute atomic E-state index is 12.9. The predicted octanol–water partition coefficient (Wildman–Crippen LogP) is 2.22. The first-order valence-corrected chi connectivity index (χ1v) is 6.05. The van der Waals surface area contributed by atoms with Gasteiger partial charge in [-0.05, 0) is 22.0 Å². The molecule has 0 unspecified atom stereocenters. The fraction of sp³-hybridized carbons (Fsp3) is 0. The van der Waals surface area contributed by atoms with Gasteiger partial charge in [0.25, 0.3) is 9.05 Å². The van der Waals surface area contributed by atoms with Crippen LogP contribution in [0.2, 0.25) is 0 Å². The molecule has 0 aliphatic carbocycles. The number of halogens is 3. The summed E-state index contributed by atoms with van der Waals surface area (Å²) in [7, 11) is 0.738. The average molecular weight is 290 g/mol. The van der Waals surface area contributed by atoms with E-state index in [0.29, 0.717) is 0 Å². The summed E-state index contributed by atoms with van der Waals surface area (Å²) in [4.78, 5) is -0.741. The largest absolute Gasteiger partial charge is 0.507 e. The molecule has 1 rings (SSSR count). The summed E-state index contributed by atoms with van der Waals surface area (Å²) in [6.45, 7) is 0. The van der Waals surface area contributed by atoms with Crippen molar-refractivity contribution in [3.8, 4) is 5.75 Å². The number of aromatic hydroxyl groups is 1. The lowest BCUT2D eigenvalue weighted by Crippen LogP contribution is -1.95. The summed E-state index contributed by atoms with van der Waals surface area (Å²) in [5.74, 6) is -1.40. The van der Waals surface area contributed by atoms with Gasteiger partial charge in [-0.1, -0.05) is 0 Å². The van der Waals surface area contributed by atoms with Gasteiger partial charge in [0.2, 0.25) is 0 Å². The van der Waals surface area contributed by atoms with Crippen molar-refractivity contribution in [3.05, 3.63) is 22.4 Å². The third kappa shape index (κ3) is 2.32.